The van der Waals surface area contributed by atoms with Gasteiger partial charge in [0.15, 0.2) is 0 Å². The van der Waals surface area contributed by atoms with E-state index in [4.69, 9.17) is 5.73 Å². The first-order valence-electron chi connectivity index (χ1n) is 6.09. The highest BCUT2D eigenvalue weighted by molar-refractivity contribution is 5.26. The maximum Gasteiger partial charge on any atom is 0.416 e. The Labute approximate surface area is 104 Å². The highest BCUT2D eigenvalue weighted by Crippen LogP contribution is 2.44. The summed E-state index contributed by atoms with van der Waals surface area (Å²) < 4.78 is 37.7. The molecule has 1 aromatic carbocycles. The predicted molar refractivity (Wildman–Crippen MR) is 61.7 cm³/mol. The van der Waals surface area contributed by atoms with E-state index in [-0.39, 0.29) is 0 Å². The standard InChI is InChI=1S/C13H15F3N2/c14-13(15,16)9-3-1-2-8(4-9)5-18-6-10-11(7-18)12(10)17/h1-4,10-12H,5-7,17H2. The van der Waals surface area contributed by atoms with Crippen LogP contribution in [0.25, 0.3) is 0 Å². The van der Waals surface area contributed by atoms with Crippen molar-refractivity contribution in [1.82, 2.24) is 4.90 Å². The molecule has 2 fully saturated rings. The molecule has 1 aliphatic heterocycles. The number of nitrogens with zero attached hydrogens (tertiary/aromatic N) is 1. The fourth-order valence-corrected chi connectivity index (χ4v) is 2.89. The van der Waals surface area contributed by atoms with Crippen LogP contribution in [0.4, 0.5) is 13.2 Å². The molecule has 1 aromatic rings. The van der Waals surface area contributed by atoms with E-state index in [9.17, 15) is 13.2 Å². The summed E-state index contributed by atoms with van der Waals surface area (Å²) >= 11 is 0. The third-order valence-corrected chi connectivity index (χ3v) is 4.00. The molecule has 1 saturated carbocycles. The Bertz CT molecular complexity index is 446. The molecule has 1 aliphatic carbocycles. The molecule has 1 saturated heterocycles. The molecule has 0 amide bonds. The number of piperidine rings is 1. The minimum Gasteiger partial charge on any atom is -0.327 e. The molecule has 2 nitrogen and oxygen atoms in total. The summed E-state index contributed by atoms with van der Waals surface area (Å²) in [6.45, 7) is 2.42. The number of rotatable bonds is 2. The first-order chi connectivity index (χ1) is 8.45. The average Bonchev–Trinajstić information content (AvgIpc) is 2.75. The molecule has 0 spiro atoms. The van der Waals surface area contributed by atoms with Gasteiger partial charge in [0.1, 0.15) is 0 Å². The molecule has 5 heteroatoms. The lowest BCUT2D eigenvalue weighted by atomic mass is 10.1. The van der Waals surface area contributed by atoms with Crippen LogP contribution < -0.4 is 5.73 Å². The summed E-state index contributed by atoms with van der Waals surface area (Å²) in [6.07, 6.45) is -4.26. The van der Waals surface area contributed by atoms with E-state index >= 15 is 0 Å². The van der Waals surface area contributed by atoms with Crippen molar-refractivity contribution in [1.29, 1.82) is 0 Å². The maximum absolute atomic E-state index is 12.6. The van der Waals surface area contributed by atoms with Gasteiger partial charge in [0.2, 0.25) is 0 Å². The van der Waals surface area contributed by atoms with Gasteiger partial charge in [-0.15, -0.1) is 0 Å². The quantitative estimate of drug-likeness (QED) is 0.878. The fourth-order valence-electron chi connectivity index (χ4n) is 2.89. The van der Waals surface area contributed by atoms with Crippen LogP contribution in [0.15, 0.2) is 24.3 Å². The molecule has 0 aromatic heterocycles. The third kappa shape index (κ3) is 2.12. The lowest BCUT2D eigenvalue weighted by Crippen LogP contribution is -2.27. The largest absolute Gasteiger partial charge is 0.416 e. The first-order valence-corrected chi connectivity index (χ1v) is 6.09. The molecule has 98 valence electrons. The van der Waals surface area contributed by atoms with Gasteiger partial charge in [-0.2, -0.15) is 13.2 Å². The first kappa shape index (κ1) is 12.0. The topological polar surface area (TPSA) is 29.3 Å². The summed E-state index contributed by atoms with van der Waals surface area (Å²) in [5, 5.41) is 0. The predicted octanol–water partition coefficient (Wildman–Crippen LogP) is 2.09. The van der Waals surface area contributed by atoms with Crippen molar-refractivity contribution in [3.8, 4) is 0 Å². The smallest absolute Gasteiger partial charge is 0.327 e. The maximum atomic E-state index is 12.6. The Morgan fingerprint density at radius 2 is 1.89 bits per heavy atom. The third-order valence-electron chi connectivity index (χ3n) is 4.00. The monoisotopic (exact) mass is 256 g/mol. The van der Waals surface area contributed by atoms with Crippen LogP contribution in [0, 0.1) is 11.8 Å². The number of hydrogen-bond acceptors (Lipinski definition) is 2. The lowest BCUT2D eigenvalue weighted by Gasteiger charge is -2.19. The van der Waals surface area contributed by atoms with Gasteiger partial charge in [-0.25, -0.2) is 0 Å². The summed E-state index contributed by atoms with van der Waals surface area (Å²) in [7, 11) is 0. The van der Waals surface area contributed by atoms with Gasteiger partial charge in [-0.05, 0) is 23.5 Å². The number of likely N-dealkylation sites (tertiary alicyclic amines) is 1. The minimum atomic E-state index is -4.26. The molecule has 3 rings (SSSR count). The average molecular weight is 256 g/mol. The molecule has 2 aliphatic rings. The van der Waals surface area contributed by atoms with E-state index in [0.29, 0.717) is 24.4 Å². The summed E-state index contributed by atoms with van der Waals surface area (Å²) in [5.41, 5.74) is 5.99. The van der Waals surface area contributed by atoms with Gasteiger partial charge in [-0.3, -0.25) is 4.90 Å². The Morgan fingerprint density at radius 3 is 2.50 bits per heavy atom. The number of benzene rings is 1. The van der Waals surface area contributed by atoms with Crippen molar-refractivity contribution in [2.45, 2.75) is 18.8 Å². The number of fused-ring (bicyclic) bond motifs is 1. The van der Waals surface area contributed by atoms with Gasteiger partial charge in [0.25, 0.3) is 0 Å². The van der Waals surface area contributed by atoms with Gasteiger partial charge >= 0.3 is 6.18 Å². The van der Waals surface area contributed by atoms with Crippen molar-refractivity contribution in [3.05, 3.63) is 35.4 Å². The van der Waals surface area contributed by atoms with Crippen LogP contribution in [-0.4, -0.2) is 24.0 Å². The number of hydrogen-bond donors (Lipinski definition) is 1. The summed E-state index contributed by atoms with van der Waals surface area (Å²) in [5.74, 6) is 1.13. The van der Waals surface area contributed by atoms with E-state index in [1.807, 2.05) is 0 Å². The van der Waals surface area contributed by atoms with Crippen LogP contribution in [-0.2, 0) is 12.7 Å². The summed E-state index contributed by atoms with van der Waals surface area (Å²) in [6, 6.07) is 5.90. The minimum absolute atomic E-state index is 0.322. The van der Waals surface area contributed by atoms with Gasteiger partial charge in [0.05, 0.1) is 5.56 Å². The molecule has 1 heterocycles. The van der Waals surface area contributed by atoms with E-state index < -0.39 is 11.7 Å². The van der Waals surface area contributed by atoms with Crippen LogP contribution in [0.5, 0.6) is 0 Å². The Balaban J connectivity index is 1.67. The number of halogens is 3. The van der Waals surface area contributed by atoms with Crippen LogP contribution in [0.3, 0.4) is 0 Å². The zero-order valence-electron chi connectivity index (χ0n) is 9.82. The molecule has 2 unspecified atom stereocenters. The number of nitrogens with two attached hydrogens (primary N) is 1. The molecule has 2 atom stereocenters. The zero-order valence-corrected chi connectivity index (χ0v) is 9.82. The lowest BCUT2D eigenvalue weighted by molar-refractivity contribution is -0.137. The second kappa shape index (κ2) is 3.96. The van der Waals surface area contributed by atoms with E-state index in [2.05, 4.69) is 4.90 Å². The van der Waals surface area contributed by atoms with E-state index in [1.54, 1.807) is 6.07 Å². The SMILES string of the molecule is NC1C2CN(Cc3cccc(C(F)(F)F)c3)CC12. The fraction of sp³-hybridized carbons (Fsp3) is 0.538. The van der Waals surface area contributed by atoms with Gasteiger partial charge < -0.3 is 5.73 Å². The Morgan fingerprint density at radius 1 is 1.22 bits per heavy atom. The van der Waals surface area contributed by atoms with Crippen molar-refractivity contribution in [2.24, 2.45) is 17.6 Å². The molecule has 0 radical (unpaired) electrons. The van der Waals surface area contributed by atoms with Crippen molar-refractivity contribution in [2.75, 3.05) is 13.1 Å². The second-order valence-electron chi connectivity index (χ2n) is 5.30. The molecular weight excluding hydrogens is 241 g/mol. The zero-order chi connectivity index (χ0) is 12.9. The van der Waals surface area contributed by atoms with Crippen molar-refractivity contribution in [3.63, 3.8) is 0 Å². The number of alkyl halides is 3. The van der Waals surface area contributed by atoms with Crippen molar-refractivity contribution >= 4 is 0 Å². The molecule has 2 N–H and O–H groups in total. The highest BCUT2D eigenvalue weighted by Gasteiger charge is 2.53. The molecular formula is C13H15F3N2. The van der Waals surface area contributed by atoms with Gasteiger partial charge in [-0.1, -0.05) is 18.2 Å². The van der Waals surface area contributed by atoms with Crippen LogP contribution in [0.1, 0.15) is 11.1 Å². The molecule has 18 heavy (non-hydrogen) atoms. The van der Waals surface area contributed by atoms with Gasteiger partial charge in [0, 0.05) is 25.7 Å². The van der Waals surface area contributed by atoms with E-state index in [1.165, 1.54) is 12.1 Å². The highest BCUT2D eigenvalue weighted by atomic mass is 19.4. The van der Waals surface area contributed by atoms with Crippen LogP contribution >= 0.6 is 0 Å². The summed E-state index contributed by atoms with van der Waals surface area (Å²) in [4.78, 5) is 2.19. The Hall–Kier alpha value is -1.07. The normalized spacial score (nSPS) is 31.4. The molecule has 0 bridgehead atoms. The van der Waals surface area contributed by atoms with E-state index in [0.717, 1.165) is 24.7 Å². The van der Waals surface area contributed by atoms with Crippen LogP contribution in [0.2, 0.25) is 0 Å². The Kier molecular flexibility index (Phi) is 2.64. The second-order valence-corrected chi connectivity index (χ2v) is 5.30. The van der Waals surface area contributed by atoms with Crippen molar-refractivity contribution < 1.29 is 13.2 Å².